The first kappa shape index (κ1) is 21.5. The summed E-state index contributed by atoms with van der Waals surface area (Å²) in [5, 5.41) is 16.1. The van der Waals surface area contributed by atoms with Crippen molar-refractivity contribution in [2.75, 3.05) is 5.32 Å². The van der Waals surface area contributed by atoms with Gasteiger partial charge in [0, 0.05) is 0 Å². The van der Waals surface area contributed by atoms with Crippen molar-refractivity contribution in [1.82, 2.24) is 5.32 Å². The van der Waals surface area contributed by atoms with E-state index in [0.29, 0.717) is 5.69 Å². The molecule has 0 aliphatic rings. The van der Waals surface area contributed by atoms with Gasteiger partial charge in [0.2, 0.25) is 5.91 Å². The molecule has 30 heavy (non-hydrogen) atoms. The lowest BCUT2D eigenvalue weighted by Crippen LogP contribution is -2.38. The molecule has 5 heteroatoms. The molecule has 0 heterocycles. The molecule has 3 N–H and O–H groups in total. The largest absolute Gasteiger partial charge is 0.506 e. The van der Waals surface area contributed by atoms with Gasteiger partial charge in [-0.05, 0) is 46.5 Å². The smallest absolute Gasteiger partial charge is 0.238 e. The van der Waals surface area contributed by atoms with Crippen LogP contribution in [0.4, 0.5) is 5.69 Å². The van der Waals surface area contributed by atoms with Gasteiger partial charge in [0.25, 0.3) is 0 Å². The third-order valence-corrected chi connectivity index (χ3v) is 5.08. The molecule has 154 valence electrons. The van der Waals surface area contributed by atoms with Crippen molar-refractivity contribution in [2.24, 2.45) is 0 Å². The second kappa shape index (κ2) is 9.09. The lowest BCUT2D eigenvalue weighted by molar-refractivity contribution is -0.120. The molecular formula is C25H26N2O2S. The number of carbonyl (C=O) groups is 1. The van der Waals surface area contributed by atoms with Crippen LogP contribution < -0.4 is 10.6 Å². The van der Waals surface area contributed by atoms with Crippen molar-refractivity contribution in [3.63, 3.8) is 0 Å². The third-order valence-electron chi connectivity index (χ3n) is 4.88. The Balaban J connectivity index is 1.81. The van der Waals surface area contributed by atoms with Crippen LogP contribution in [0.5, 0.6) is 5.75 Å². The summed E-state index contributed by atoms with van der Waals surface area (Å²) < 4.78 is 0. The molecule has 3 aromatic carbocycles. The van der Waals surface area contributed by atoms with Gasteiger partial charge in [-0.25, -0.2) is 0 Å². The van der Waals surface area contributed by atoms with Gasteiger partial charge in [0.1, 0.15) is 5.75 Å². The predicted octanol–water partition coefficient (Wildman–Crippen LogP) is 5.33. The molecule has 0 aliphatic carbocycles. The summed E-state index contributed by atoms with van der Waals surface area (Å²) in [4.78, 5) is 13.2. The minimum Gasteiger partial charge on any atom is -0.506 e. The van der Waals surface area contributed by atoms with E-state index in [4.69, 9.17) is 12.2 Å². The van der Waals surface area contributed by atoms with Gasteiger partial charge in [-0.1, -0.05) is 87.5 Å². The fourth-order valence-electron chi connectivity index (χ4n) is 3.23. The van der Waals surface area contributed by atoms with Crippen LogP contribution in [-0.4, -0.2) is 16.1 Å². The van der Waals surface area contributed by atoms with Gasteiger partial charge in [0.05, 0.1) is 11.6 Å². The molecule has 0 bridgehead atoms. The predicted molar refractivity (Wildman–Crippen MR) is 126 cm³/mol. The maximum Gasteiger partial charge on any atom is 0.238 e. The zero-order valence-electron chi connectivity index (χ0n) is 17.3. The van der Waals surface area contributed by atoms with Crippen LogP contribution in [0.1, 0.15) is 43.4 Å². The highest BCUT2D eigenvalue weighted by atomic mass is 32.1. The lowest BCUT2D eigenvalue weighted by atomic mass is 9.87. The first-order chi connectivity index (χ1) is 14.3. The number of hydrogen-bond donors (Lipinski definition) is 3. The van der Waals surface area contributed by atoms with E-state index < -0.39 is 5.92 Å². The molecule has 3 aromatic rings. The van der Waals surface area contributed by atoms with Gasteiger partial charge in [0.15, 0.2) is 5.11 Å². The average Bonchev–Trinajstić information content (AvgIpc) is 2.70. The molecule has 1 amide bonds. The number of phenolic OH excluding ortho intramolecular Hbond substituents is 1. The van der Waals surface area contributed by atoms with Gasteiger partial charge in [-0.3, -0.25) is 4.79 Å². The Kier molecular flexibility index (Phi) is 6.53. The van der Waals surface area contributed by atoms with E-state index in [-0.39, 0.29) is 22.2 Å². The molecule has 0 atom stereocenters. The van der Waals surface area contributed by atoms with Crippen LogP contribution in [0.3, 0.4) is 0 Å². The van der Waals surface area contributed by atoms with Crippen molar-refractivity contribution in [3.05, 3.63) is 95.6 Å². The molecule has 0 spiro atoms. The number of phenols is 1. The summed E-state index contributed by atoms with van der Waals surface area (Å²) in [6.45, 7) is 6.27. The molecule has 3 rings (SSSR count). The second-order valence-electron chi connectivity index (χ2n) is 8.18. The number of rotatable bonds is 4. The molecule has 0 radical (unpaired) electrons. The summed E-state index contributed by atoms with van der Waals surface area (Å²) >= 11 is 5.37. The first-order valence-corrected chi connectivity index (χ1v) is 10.2. The Bertz CT molecular complexity index is 989. The van der Waals surface area contributed by atoms with E-state index in [0.717, 1.165) is 16.7 Å². The topological polar surface area (TPSA) is 61.4 Å². The molecular weight excluding hydrogens is 392 g/mol. The summed E-state index contributed by atoms with van der Waals surface area (Å²) in [5.74, 6) is -0.666. The van der Waals surface area contributed by atoms with Gasteiger partial charge in [-0.15, -0.1) is 0 Å². The number of anilines is 1. The zero-order chi connectivity index (χ0) is 21.7. The van der Waals surface area contributed by atoms with E-state index in [2.05, 4.69) is 31.4 Å². The van der Waals surface area contributed by atoms with Crippen molar-refractivity contribution < 1.29 is 9.90 Å². The molecule has 0 aliphatic heterocycles. The third kappa shape index (κ3) is 5.24. The van der Waals surface area contributed by atoms with Crippen LogP contribution >= 0.6 is 12.2 Å². The average molecular weight is 419 g/mol. The maximum absolute atomic E-state index is 13.2. The summed E-state index contributed by atoms with van der Waals surface area (Å²) in [6, 6.07) is 24.5. The van der Waals surface area contributed by atoms with E-state index in [1.54, 1.807) is 6.07 Å². The van der Waals surface area contributed by atoms with Crippen LogP contribution in [0.15, 0.2) is 78.9 Å². The first-order valence-electron chi connectivity index (χ1n) is 9.81. The maximum atomic E-state index is 13.2. The van der Waals surface area contributed by atoms with Crippen molar-refractivity contribution in [3.8, 4) is 5.75 Å². The molecule has 0 unspecified atom stereocenters. The normalized spacial score (nSPS) is 11.2. The van der Waals surface area contributed by atoms with Crippen LogP contribution in [0.25, 0.3) is 0 Å². The lowest BCUT2D eigenvalue weighted by Gasteiger charge is -2.21. The second-order valence-corrected chi connectivity index (χ2v) is 8.59. The van der Waals surface area contributed by atoms with E-state index in [1.807, 2.05) is 72.8 Å². The SMILES string of the molecule is CC(C)(C)c1ccc(O)c(NC(=S)NC(=O)C(c2ccccc2)c2ccccc2)c1. The summed E-state index contributed by atoms with van der Waals surface area (Å²) in [5.41, 5.74) is 3.18. The highest BCUT2D eigenvalue weighted by Crippen LogP contribution is 2.31. The van der Waals surface area contributed by atoms with Crippen molar-refractivity contribution >= 4 is 28.9 Å². The van der Waals surface area contributed by atoms with Crippen LogP contribution in [0, 0.1) is 0 Å². The highest BCUT2D eigenvalue weighted by Gasteiger charge is 2.24. The highest BCUT2D eigenvalue weighted by molar-refractivity contribution is 7.80. The number of thiocarbonyl (C=S) groups is 1. The number of hydrogen-bond acceptors (Lipinski definition) is 3. The van der Waals surface area contributed by atoms with Crippen LogP contribution in [-0.2, 0) is 10.2 Å². The Morgan fingerprint density at radius 2 is 1.43 bits per heavy atom. The molecule has 0 saturated carbocycles. The number of carbonyl (C=O) groups excluding carboxylic acids is 1. The Morgan fingerprint density at radius 1 is 0.900 bits per heavy atom. The fourth-order valence-corrected chi connectivity index (χ4v) is 3.44. The molecule has 4 nitrogen and oxygen atoms in total. The van der Waals surface area contributed by atoms with Gasteiger partial charge < -0.3 is 15.7 Å². The van der Waals surface area contributed by atoms with Crippen molar-refractivity contribution in [1.29, 1.82) is 0 Å². The van der Waals surface area contributed by atoms with E-state index in [1.165, 1.54) is 0 Å². The number of amides is 1. The van der Waals surface area contributed by atoms with Crippen molar-refractivity contribution in [2.45, 2.75) is 32.1 Å². The number of nitrogens with one attached hydrogen (secondary N) is 2. The van der Waals surface area contributed by atoms with Gasteiger partial charge in [-0.2, -0.15) is 0 Å². The molecule has 0 saturated heterocycles. The monoisotopic (exact) mass is 418 g/mol. The minimum absolute atomic E-state index is 0.0715. The Hall–Kier alpha value is -3.18. The summed E-state index contributed by atoms with van der Waals surface area (Å²) in [6.07, 6.45) is 0. The van der Waals surface area contributed by atoms with Gasteiger partial charge >= 0.3 is 0 Å². The standard InChI is InChI=1S/C25H26N2O2S/c1-25(2,3)19-14-15-21(28)20(16-19)26-24(30)27-23(29)22(17-10-6-4-7-11-17)18-12-8-5-9-13-18/h4-16,22,28H,1-3H3,(H2,26,27,29,30). The summed E-state index contributed by atoms with van der Waals surface area (Å²) in [7, 11) is 0. The molecule has 0 fully saturated rings. The minimum atomic E-state index is -0.498. The number of benzene rings is 3. The van der Waals surface area contributed by atoms with Crippen LogP contribution in [0.2, 0.25) is 0 Å². The van der Waals surface area contributed by atoms with E-state index in [9.17, 15) is 9.90 Å². The Labute approximate surface area is 183 Å². The molecule has 0 aromatic heterocycles. The fraction of sp³-hybridized carbons (Fsp3) is 0.200. The quantitative estimate of drug-likeness (QED) is 0.396. The Morgan fingerprint density at radius 3 is 1.93 bits per heavy atom. The number of aromatic hydroxyl groups is 1. The van der Waals surface area contributed by atoms with E-state index >= 15 is 0 Å². The zero-order valence-corrected chi connectivity index (χ0v) is 18.2.